The van der Waals surface area contributed by atoms with Gasteiger partial charge in [-0.15, -0.1) is 0 Å². The lowest BCUT2D eigenvalue weighted by Gasteiger charge is -2.25. The molecule has 0 aromatic heterocycles. The lowest BCUT2D eigenvalue weighted by atomic mass is 10.1. The molecule has 1 heterocycles. The number of thioether (sulfide) groups is 1. The Labute approximate surface area is 184 Å². The first kappa shape index (κ1) is 22.1. The Balaban J connectivity index is 1.70. The SMILES string of the molecule is C[C@@H](C(=O)N[C@H](CO)Cc1ccccc1)N1C(=O)/C(=C/c2ccccc2F)SC1=S. The van der Waals surface area contributed by atoms with E-state index in [1.54, 1.807) is 25.1 Å². The van der Waals surface area contributed by atoms with E-state index in [-0.39, 0.29) is 21.4 Å². The van der Waals surface area contributed by atoms with Gasteiger partial charge in [-0.25, -0.2) is 4.39 Å². The number of carbonyl (C=O) groups excluding carboxylic acids is 2. The predicted octanol–water partition coefficient (Wildman–Crippen LogP) is 3.14. The van der Waals surface area contributed by atoms with Crippen molar-refractivity contribution in [3.05, 3.63) is 76.4 Å². The minimum Gasteiger partial charge on any atom is -0.394 e. The minimum atomic E-state index is -0.867. The third-order valence-electron chi connectivity index (χ3n) is 4.67. The minimum absolute atomic E-state index is 0.230. The molecule has 2 aromatic rings. The highest BCUT2D eigenvalue weighted by atomic mass is 32.2. The van der Waals surface area contributed by atoms with Gasteiger partial charge in [0.05, 0.1) is 17.6 Å². The molecular weight excluding hydrogens is 423 g/mol. The van der Waals surface area contributed by atoms with Crippen LogP contribution in [-0.4, -0.2) is 44.8 Å². The van der Waals surface area contributed by atoms with Crippen molar-refractivity contribution in [3.8, 4) is 0 Å². The molecular formula is C22H21FN2O3S2. The van der Waals surface area contributed by atoms with Crippen LogP contribution >= 0.6 is 24.0 Å². The van der Waals surface area contributed by atoms with Gasteiger partial charge >= 0.3 is 0 Å². The monoisotopic (exact) mass is 444 g/mol. The number of halogens is 1. The maximum absolute atomic E-state index is 13.9. The third-order valence-corrected chi connectivity index (χ3v) is 6.00. The molecule has 2 atom stereocenters. The van der Waals surface area contributed by atoms with Crippen LogP contribution in [0.15, 0.2) is 59.5 Å². The van der Waals surface area contributed by atoms with Crippen LogP contribution in [-0.2, 0) is 16.0 Å². The fraction of sp³-hybridized carbons (Fsp3) is 0.227. The average molecular weight is 445 g/mol. The molecule has 1 fully saturated rings. The first-order valence-electron chi connectivity index (χ1n) is 9.37. The first-order valence-corrected chi connectivity index (χ1v) is 10.6. The highest BCUT2D eigenvalue weighted by molar-refractivity contribution is 8.26. The van der Waals surface area contributed by atoms with Crippen molar-refractivity contribution < 1.29 is 19.1 Å². The molecule has 0 unspecified atom stereocenters. The van der Waals surface area contributed by atoms with E-state index in [9.17, 15) is 19.1 Å². The van der Waals surface area contributed by atoms with Gasteiger partial charge in [0.15, 0.2) is 0 Å². The number of thiocarbonyl (C=S) groups is 1. The molecule has 5 nitrogen and oxygen atoms in total. The molecule has 0 saturated carbocycles. The lowest BCUT2D eigenvalue weighted by molar-refractivity contribution is -0.132. The number of amides is 2. The van der Waals surface area contributed by atoms with Crippen molar-refractivity contribution in [1.29, 1.82) is 0 Å². The van der Waals surface area contributed by atoms with Crippen LogP contribution in [0.1, 0.15) is 18.1 Å². The van der Waals surface area contributed by atoms with Crippen molar-refractivity contribution in [2.24, 2.45) is 0 Å². The van der Waals surface area contributed by atoms with Gasteiger partial charge in [0.1, 0.15) is 16.2 Å². The van der Waals surface area contributed by atoms with Crippen LogP contribution < -0.4 is 5.32 Å². The number of carbonyl (C=O) groups is 2. The van der Waals surface area contributed by atoms with E-state index < -0.39 is 29.7 Å². The van der Waals surface area contributed by atoms with Gasteiger partial charge in [-0.2, -0.15) is 0 Å². The zero-order valence-corrected chi connectivity index (χ0v) is 17.9. The van der Waals surface area contributed by atoms with Gasteiger partial charge in [0.2, 0.25) is 5.91 Å². The Bertz CT molecular complexity index is 981. The van der Waals surface area contributed by atoms with Gasteiger partial charge in [-0.1, -0.05) is 72.5 Å². The number of aliphatic hydroxyl groups excluding tert-OH is 1. The summed E-state index contributed by atoms with van der Waals surface area (Å²) >= 11 is 6.32. The Morgan fingerprint density at radius 3 is 2.57 bits per heavy atom. The number of hydrogen-bond donors (Lipinski definition) is 2. The summed E-state index contributed by atoms with van der Waals surface area (Å²) in [5.41, 5.74) is 1.25. The second-order valence-corrected chi connectivity index (χ2v) is 8.50. The highest BCUT2D eigenvalue weighted by Crippen LogP contribution is 2.34. The first-order chi connectivity index (χ1) is 14.4. The Hall–Kier alpha value is -2.55. The van der Waals surface area contributed by atoms with Crippen LogP contribution in [0.5, 0.6) is 0 Å². The molecule has 30 heavy (non-hydrogen) atoms. The summed E-state index contributed by atoms with van der Waals surface area (Å²) in [5.74, 6) is -1.31. The Kier molecular flexibility index (Phi) is 7.36. The van der Waals surface area contributed by atoms with Crippen LogP contribution in [0.25, 0.3) is 6.08 Å². The number of hydrogen-bond acceptors (Lipinski definition) is 5. The van der Waals surface area contributed by atoms with E-state index in [1.165, 1.54) is 17.0 Å². The summed E-state index contributed by atoms with van der Waals surface area (Å²) in [4.78, 5) is 27.0. The molecule has 1 aliphatic heterocycles. The zero-order valence-electron chi connectivity index (χ0n) is 16.2. The summed E-state index contributed by atoms with van der Waals surface area (Å²) in [6.45, 7) is 1.34. The summed E-state index contributed by atoms with van der Waals surface area (Å²) in [7, 11) is 0. The van der Waals surface area contributed by atoms with Crippen molar-refractivity contribution in [1.82, 2.24) is 10.2 Å². The van der Waals surface area contributed by atoms with E-state index in [0.717, 1.165) is 17.3 Å². The zero-order chi connectivity index (χ0) is 21.7. The van der Waals surface area contributed by atoms with Crippen molar-refractivity contribution in [2.45, 2.75) is 25.4 Å². The maximum atomic E-state index is 13.9. The quantitative estimate of drug-likeness (QED) is 0.507. The van der Waals surface area contributed by atoms with Crippen molar-refractivity contribution in [2.75, 3.05) is 6.61 Å². The van der Waals surface area contributed by atoms with Gasteiger partial charge < -0.3 is 10.4 Å². The fourth-order valence-corrected chi connectivity index (χ4v) is 4.46. The van der Waals surface area contributed by atoms with Gasteiger partial charge in [0, 0.05) is 5.56 Å². The number of aliphatic hydroxyl groups is 1. The number of nitrogens with zero attached hydrogens (tertiary/aromatic N) is 1. The molecule has 2 aromatic carbocycles. The number of rotatable bonds is 7. The lowest BCUT2D eigenvalue weighted by Crippen LogP contribution is -2.51. The van der Waals surface area contributed by atoms with Crippen LogP contribution in [0, 0.1) is 5.82 Å². The van der Waals surface area contributed by atoms with Crippen molar-refractivity contribution in [3.63, 3.8) is 0 Å². The Morgan fingerprint density at radius 2 is 1.90 bits per heavy atom. The van der Waals surface area contributed by atoms with Gasteiger partial charge in [-0.3, -0.25) is 14.5 Å². The smallest absolute Gasteiger partial charge is 0.266 e. The molecule has 2 N–H and O–H groups in total. The molecule has 1 saturated heterocycles. The molecule has 1 aliphatic rings. The molecule has 8 heteroatoms. The largest absolute Gasteiger partial charge is 0.394 e. The van der Waals surface area contributed by atoms with E-state index >= 15 is 0 Å². The Morgan fingerprint density at radius 1 is 1.23 bits per heavy atom. The summed E-state index contributed by atoms with van der Waals surface area (Å²) in [6.07, 6.45) is 1.90. The fourth-order valence-electron chi connectivity index (χ4n) is 3.05. The van der Waals surface area contributed by atoms with Gasteiger partial charge in [0.25, 0.3) is 5.91 Å². The second-order valence-electron chi connectivity index (χ2n) is 6.83. The average Bonchev–Trinajstić information content (AvgIpc) is 3.02. The van der Waals surface area contributed by atoms with Crippen LogP contribution in [0.4, 0.5) is 4.39 Å². The molecule has 3 rings (SSSR count). The van der Waals surface area contributed by atoms with Gasteiger partial charge in [-0.05, 0) is 31.1 Å². The maximum Gasteiger partial charge on any atom is 0.266 e. The van der Waals surface area contributed by atoms with E-state index in [4.69, 9.17) is 12.2 Å². The van der Waals surface area contributed by atoms with E-state index in [2.05, 4.69) is 5.32 Å². The predicted molar refractivity (Wildman–Crippen MR) is 120 cm³/mol. The molecule has 0 radical (unpaired) electrons. The van der Waals surface area contributed by atoms with Crippen LogP contribution in [0.3, 0.4) is 0 Å². The molecule has 0 aliphatic carbocycles. The topological polar surface area (TPSA) is 69.6 Å². The number of benzene rings is 2. The second kappa shape index (κ2) is 9.97. The summed E-state index contributed by atoms with van der Waals surface area (Å²) in [6, 6.07) is 14.2. The van der Waals surface area contributed by atoms with E-state index in [0.29, 0.717) is 6.42 Å². The number of nitrogens with one attached hydrogen (secondary N) is 1. The van der Waals surface area contributed by atoms with E-state index in [1.807, 2.05) is 30.3 Å². The molecule has 2 amide bonds. The third kappa shape index (κ3) is 5.13. The van der Waals surface area contributed by atoms with Crippen molar-refractivity contribution >= 4 is 46.2 Å². The molecule has 0 bridgehead atoms. The standard InChI is InChI=1S/C22H21FN2O3S2/c1-14(20(27)24-17(13-26)11-15-7-3-2-4-8-15)25-21(28)19(30-22(25)29)12-16-9-5-6-10-18(16)23/h2-10,12,14,17,26H,11,13H2,1H3,(H,24,27)/b19-12-/t14-,17-/m0/s1. The highest BCUT2D eigenvalue weighted by Gasteiger charge is 2.38. The normalized spacial score (nSPS) is 17.3. The molecule has 0 spiro atoms. The van der Waals surface area contributed by atoms with Crippen LogP contribution in [0.2, 0.25) is 0 Å². The molecule has 156 valence electrons. The summed E-state index contributed by atoms with van der Waals surface area (Å²) in [5, 5.41) is 12.4. The summed E-state index contributed by atoms with van der Waals surface area (Å²) < 4.78 is 14.1.